The van der Waals surface area contributed by atoms with E-state index in [1.165, 1.54) is 0 Å². The van der Waals surface area contributed by atoms with Gasteiger partial charge in [0.25, 0.3) is 0 Å². The van der Waals surface area contributed by atoms with Crippen molar-refractivity contribution in [1.29, 1.82) is 0 Å². The Kier molecular flexibility index (Phi) is 7.23. The van der Waals surface area contributed by atoms with Gasteiger partial charge in [-0.15, -0.1) is 0 Å². The van der Waals surface area contributed by atoms with Crippen molar-refractivity contribution in [3.05, 3.63) is 0 Å². The zero-order chi connectivity index (χ0) is 7.82. The van der Waals surface area contributed by atoms with Crippen LogP contribution in [0.4, 0.5) is 4.11 Å². The summed E-state index contributed by atoms with van der Waals surface area (Å²) in [5, 5.41) is 0. The van der Waals surface area contributed by atoms with Crippen molar-refractivity contribution in [1.82, 2.24) is 0 Å². The lowest BCUT2D eigenvalue weighted by Gasteiger charge is -2.06. The highest BCUT2D eigenvalue weighted by Gasteiger charge is 2.09. The van der Waals surface area contributed by atoms with Gasteiger partial charge in [-0.1, -0.05) is 13.8 Å². The van der Waals surface area contributed by atoms with E-state index in [9.17, 15) is 4.11 Å². The van der Waals surface area contributed by atoms with Crippen molar-refractivity contribution in [3.63, 3.8) is 0 Å². The Bertz CT molecular complexity index is 64.8. The molecule has 62 valence electrons. The molecule has 4 heteroatoms. The highest BCUT2D eigenvalue weighted by atomic mass is 28.4. The number of halogens is 1. The third kappa shape index (κ3) is 6.19. The second-order valence-corrected chi connectivity index (χ2v) is 3.23. The maximum absolute atomic E-state index is 12.5. The van der Waals surface area contributed by atoms with Gasteiger partial charge in [-0.05, 0) is 12.8 Å². The molecule has 0 amide bonds. The number of hydrogen-bond donors (Lipinski definition) is 0. The largest absolute Gasteiger partial charge is 0.523 e. The Morgan fingerprint density at radius 1 is 1.10 bits per heavy atom. The van der Waals surface area contributed by atoms with E-state index in [4.69, 9.17) is 8.85 Å². The summed E-state index contributed by atoms with van der Waals surface area (Å²) in [7, 11) is -2.74. The fourth-order valence-electron chi connectivity index (χ4n) is 0.469. The third-order valence-electron chi connectivity index (χ3n) is 0.906. The first-order valence-corrected chi connectivity index (χ1v) is 5.06. The van der Waals surface area contributed by atoms with Crippen molar-refractivity contribution < 1.29 is 13.0 Å². The van der Waals surface area contributed by atoms with Crippen LogP contribution in [0.25, 0.3) is 0 Å². The van der Waals surface area contributed by atoms with Crippen LogP contribution >= 0.6 is 0 Å². The summed E-state index contributed by atoms with van der Waals surface area (Å²) >= 11 is 0. The van der Waals surface area contributed by atoms with Crippen molar-refractivity contribution >= 4 is 9.62 Å². The van der Waals surface area contributed by atoms with Gasteiger partial charge in [0.2, 0.25) is 0 Å². The van der Waals surface area contributed by atoms with Crippen LogP contribution in [-0.4, -0.2) is 22.8 Å². The molecule has 0 aliphatic heterocycles. The van der Waals surface area contributed by atoms with Gasteiger partial charge in [-0.3, -0.25) is 0 Å². The quantitative estimate of drug-likeness (QED) is 0.440. The molecular formula is C6H15FO2Si. The molecule has 0 rings (SSSR count). The minimum atomic E-state index is -2.74. The topological polar surface area (TPSA) is 18.5 Å². The SMILES string of the molecule is CCCO[SiH](F)OCCC. The predicted molar refractivity (Wildman–Crippen MR) is 40.7 cm³/mol. The maximum atomic E-state index is 12.5. The van der Waals surface area contributed by atoms with Gasteiger partial charge in [-0.2, -0.15) is 0 Å². The van der Waals surface area contributed by atoms with Crippen LogP contribution in [0, 0.1) is 0 Å². The average molecular weight is 166 g/mol. The number of rotatable bonds is 6. The van der Waals surface area contributed by atoms with E-state index in [0.717, 1.165) is 12.8 Å². The van der Waals surface area contributed by atoms with Crippen LogP contribution in [0.2, 0.25) is 0 Å². The normalized spacial score (nSPS) is 10.8. The minimum absolute atomic E-state index is 0.483. The molecule has 0 aromatic heterocycles. The lowest BCUT2D eigenvalue weighted by molar-refractivity contribution is 0.162. The summed E-state index contributed by atoms with van der Waals surface area (Å²) in [4.78, 5) is 0. The molecule has 0 saturated heterocycles. The molecule has 0 unspecified atom stereocenters. The Labute approximate surface area is 63.4 Å². The highest BCUT2D eigenvalue weighted by molar-refractivity contribution is 6.35. The van der Waals surface area contributed by atoms with E-state index in [2.05, 4.69) is 0 Å². The van der Waals surface area contributed by atoms with E-state index in [1.54, 1.807) is 0 Å². The highest BCUT2D eigenvalue weighted by Crippen LogP contribution is 1.93. The first-order valence-electron chi connectivity index (χ1n) is 3.68. The van der Waals surface area contributed by atoms with Crippen LogP contribution in [0.5, 0.6) is 0 Å². The van der Waals surface area contributed by atoms with Gasteiger partial charge in [-0.25, -0.2) is 4.11 Å². The fourth-order valence-corrected chi connectivity index (χ4v) is 1.41. The Morgan fingerprint density at radius 2 is 1.50 bits per heavy atom. The molecule has 2 nitrogen and oxygen atoms in total. The summed E-state index contributed by atoms with van der Waals surface area (Å²) < 4.78 is 22.0. The number of hydrogen-bond acceptors (Lipinski definition) is 2. The minimum Gasteiger partial charge on any atom is -0.373 e. The van der Waals surface area contributed by atoms with Gasteiger partial charge in [0.05, 0.1) is 0 Å². The van der Waals surface area contributed by atoms with Crippen molar-refractivity contribution in [2.24, 2.45) is 0 Å². The standard InChI is InChI=1S/C6H15FO2Si/c1-3-5-8-10(7)9-6-4-2/h10H,3-6H2,1-2H3. The van der Waals surface area contributed by atoms with E-state index in [1.807, 2.05) is 13.8 Å². The Morgan fingerprint density at radius 3 is 1.80 bits per heavy atom. The molecule has 10 heavy (non-hydrogen) atoms. The molecular weight excluding hydrogens is 151 g/mol. The van der Waals surface area contributed by atoms with E-state index < -0.39 is 9.62 Å². The molecule has 0 radical (unpaired) electrons. The molecule has 0 fully saturated rings. The summed E-state index contributed by atoms with van der Waals surface area (Å²) in [6.45, 7) is 4.86. The summed E-state index contributed by atoms with van der Waals surface area (Å²) in [5.74, 6) is 0. The predicted octanol–water partition coefficient (Wildman–Crippen LogP) is 1.53. The molecule has 0 aromatic rings. The molecule has 0 aromatic carbocycles. The molecule has 0 atom stereocenters. The first-order chi connectivity index (χ1) is 4.81. The van der Waals surface area contributed by atoms with Crippen LogP contribution in [0.15, 0.2) is 0 Å². The van der Waals surface area contributed by atoms with Gasteiger partial charge < -0.3 is 8.85 Å². The van der Waals surface area contributed by atoms with Crippen LogP contribution < -0.4 is 0 Å². The van der Waals surface area contributed by atoms with Gasteiger partial charge in [0, 0.05) is 13.2 Å². The average Bonchev–Trinajstić information content (AvgIpc) is 1.97. The molecule has 0 spiro atoms. The summed E-state index contributed by atoms with van der Waals surface area (Å²) in [6, 6.07) is 0. The van der Waals surface area contributed by atoms with Gasteiger partial charge in [0.15, 0.2) is 0 Å². The van der Waals surface area contributed by atoms with Crippen LogP contribution in [0.1, 0.15) is 26.7 Å². The molecule has 0 heterocycles. The Balaban J connectivity index is 3.00. The van der Waals surface area contributed by atoms with E-state index >= 15 is 0 Å². The first kappa shape index (κ1) is 10.1. The zero-order valence-corrected chi connectivity index (χ0v) is 7.75. The zero-order valence-electron chi connectivity index (χ0n) is 6.60. The van der Waals surface area contributed by atoms with Gasteiger partial charge in [0.1, 0.15) is 0 Å². The van der Waals surface area contributed by atoms with Crippen LogP contribution in [0.3, 0.4) is 0 Å². The fraction of sp³-hybridized carbons (Fsp3) is 1.00. The smallest absolute Gasteiger partial charge is 0.373 e. The monoisotopic (exact) mass is 166 g/mol. The van der Waals surface area contributed by atoms with E-state index in [0.29, 0.717) is 13.2 Å². The molecule has 0 bridgehead atoms. The van der Waals surface area contributed by atoms with Crippen molar-refractivity contribution in [3.8, 4) is 0 Å². The molecule has 0 N–H and O–H groups in total. The van der Waals surface area contributed by atoms with Crippen LogP contribution in [-0.2, 0) is 8.85 Å². The summed E-state index contributed by atoms with van der Waals surface area (Å²) in [6.07, 6.45) is 1.70. The third-order valence-corrected chi connectivity index (χ3v) is 1.90. The second-order valence-electron chi connectivity index (χ2n) is 2.02. The Hall–Kier alpha value is 0.0669. The molecule has 0 saturated carbocycles. The van der Waals surface area contributed by atoms with Crippen molar-refractivity contribution in [2.45, 2.75) is 26.7 Å². The lowest BCUT2D eigenvalue weighted by atomic mass is 10.5. The molecule has 0 aliphatic carbocycles. The van der Waals surface area contributed by atoms with Crippen molar-refractivity contribution in [2.75, 3.05) is 13.2 Å². The second kappa shape index (κ2) is 7.18. The maximum Gasteiger partial charge on any atom is 0.523 e. The lowest BCUT2D eigenvalue weighted by Crippen LogP contribution is -2.18. The molecule has 0 aliphatic rings. The summed E-state index contributed by atoms with van der Waals surface area (Å²) in [5.41, 5.74) is 0. The van der Waals surface area contributed by atoms with E-state index in [-0.39, 0.29) is 0 Å². The van der Waals surface area contributed by atoms with Gasteiger partial charge >= 0.3 is 9.62 Å².